The zero-order chi connectivity index (χ0) is 32.8. The Morgan fingerprint density at radius 2 is 1.55 bits per heavy atom. The number of rotatable bonds is 6. The fourth-order valence-electron chi connectivity index (χ4n) is 7.15. The molecule has 2 aromatic rings. The molecule has 0 radical (unpaired) electrons. The lowest BCUT2D eigenvalue weighted by atomic mass is 9.64. The van der Waals surface area contributed by atoms with Gasteiger partial charge in [-0.2, -0.15) is 26.3 Å². The van der Waals surface area contributed by atoms with Crippen LogP contribution in [0.1, 0.15) is 80.4 Å². The number of esters is 1. The van der Waals surface area contributed by atoms with Crippen LogP contribution in [0.25, 0.3) is 0 Å². The quantitative estimate of drug-likeness (QED) is 0.257. The molecule has 4 rings (SSSR count). The van der Waals surface area contributed by atoms with Crippen molar-refractivity contribution in [1.29, 1.82) is 0 Å². The SMILES string of the molecule is CCOC(=O)[C@@H](O[C@H]1CC[C@@H]2C(C(C)(C)C)N(C(=O)O)C[C@H]2[C@@H]1c1ccccc1C)c1cc(C(F)(F)F)cc(C(F)(F)F)c1. The number of hydrogen-bond donors (Lipinski definition) is 1. The van der Waals surface area contributed by atoms with Gasteiger partial charge in [-0.05, 0) is 78.8 Å². The Balaban J connectivity index is 1.84. The van der Waals surface area contributed by atoms with Gasteiger partial charge in [-0.1, -0.05) is 45.0 Å². The van der Waals surface area contributed by atoms with Crippen molar-refractivity contribution in [1.82, 2.24) is 4.90 Å². The highest BCUT2D eigenvalue weighted by atomic mass is 19.4. The van der Waals surface area contributed by atoms with Crippen LogP contribution in [-0.4, -0.2) is 47.4 Å². The van der Waals surface area contributed by atoms with E-state index in [1.54, 1.807) is 6.07 Å². The third-order valence-electron chi connectivity index (χ3n) is 8.75. The maximum Gasteiger partial charge on any atom is 0.416 e. The van der Waals surface area contributed by atoms with Gasteiger partial charge < -0.3 is 19.5 Å². The highest BCUT2D eigenvalue weighted by molar-refractivity contribution is 5.77. The van der Waals surface area contributed by atoms with Crippen LogP contribution < -0.4 is 0 Å². The van der Waals surface area contributed by atoms with E-state index in [0.717, 1.165) is 11.1 Å². The normalized spacial score (nSPS) is 25.0. The van der Waals surface area contributed by atoms with Crippen LogP contribution in [0.4, 0.5) is 31.1 Å². The first kappa shape index (κ1) is 33.6. The number of carboxylic acid groups (broad SMARTS) is 1. The molecule has 242 valence electrons. The largest absolute Gasteiger partial charge is 0.465 e. The molecule has 2 aromatic carbocycles. The molecule has 2 fully saturated rings. The second-order valence-electron chi connectivity index (χ2n) is 12.7. The summed E-state index contributed by atoms with van der Waals surface area (Å²) in [6.45, 7) is 9.20. The van der Waals surface area contributed by atoms with Gasteiger partial charge in [-0.3, -0.25) is 0 Å². The fourth-order valence-corrected chi connectivity index (χ4v) is 7.15. The molecule has 1 heterocycles. The van der Waals surface area contributed by atoms with Crippen molar-refractivity contribution >= 4 is 12.1 Å². The Kier molecular flexibility index (Phi) is 9.36. The van der Waals surface area contributed by atoms with Gasteiger partial charge in [-0.25, -0.2) is 9.59 Å². The minimum atomic E-state index is -5.12. The predicted octanol–water partition coefficient (Wildman–Crippen LogP) is 8.24. The molecule has 6 nitrogen and oxygen atoms in total. The first-order valence-electron chi connectivity index (χ1n) is 14.5. The minimum Gasteiger partial charge on any atom is -0.465 e. The Labute approximate surface area is 252 Å². The molecule has 0 bridgehead atoms. The number of carbonyl (C=O) groups is 2. The number of nitrogens with zero attached hydrogens (tertiary/aromatic N) is 1. The molecule has 0 spiro atoms. The molecule has 12 heteroatoms. The van der Waals surface area contributed by atoms with E-state index >= 15 is 0 Å². The summed E-state index contributed by atoms with van der Waals surface area (Å²) in [4.78, 5) is 27.0. The molecular weight excluding hydrogens is 592 g/mol. The number of carbonyl (C=O) groups excluding carboxylic acids is 1. The van der Waals surface area contributed by atoms with Gasteiger partial charge in [0.15, 0.2) is 6.10 Å². The number of amides is 1. The number of aryl methyl sites for hydroxylation is 1. The highest BCUT2D eigenvalue weighted by Gasteiger charge is 2.55. The van der Waals surface area contributed by atoms with Crippen molar-refractivity contribution in [3.63, 3.8) is 0 Å². The van der Waals surface area contributed by atoms with Crippen molar-refractivity contribution in [2.45, 2.75) is 84.0 Å². The molecule has 1 aliphatic heterocycles. The molecule has 1 aliphatic carbocycles. The van der Waals surface area contributed by atoms with Gasteiger partial charge in [0.2, 0.25) is 0 Å². The monoisotopic (exact) mass is 629 g/mol. The Morgan fingerprint density at radius 3 is 2.05 bits per heavy atom. The van der Waals surface area contributed by atoms with Gasteiger partial charge in [0.1, 0.15) is 0 Å². The standard InChI is InChI=1S/C32H37F6NO5/c1-6-43-28(40)26(18-13-19(31(33,34)35)15-20(14-18)32(36,37)38)44-24-12-11-22-23(25(24)21-10-8-7-9-17(21)2)16-39(29(41)42)27(22)30(3,4)5/h7-10,13-15,22-27H,6,11-12,16H2,1-5H3,(H,41,42)/t22-,23+,24-,25-,26-,27?/m0/s1. The van der Waals surface area contributed by atoms with Crippen molar-refractivity contribution in [3.8, 4) is 0 Å². The summed E-state index contributed by atoms with van der Waals surface area (Å²) in [5.74, 6) is -2.00. The second-order valence-corrected chi connectivity index (χ2v) is 12.7. The lowest BCUT2D eigenvalue weighted by Crippen LogP contribution is -2.46. The predicted molar refractivity (Wildman–Crippen MR) is 149 cm³/mol. The van der Waals surface area contributed by atoms with Gasteiger partial charge >= 0.3 is 24.4 Å². The number of benzene rings is 2. The molecule has 6 atom stereocenters. The molecule has 1 saturated heterocycles. The molecule has 0 aromatic heterocycles. The van der Waals surface area contributed by atoms with E-state index in [9.17, 15) is 41.0 Å². The number of alkyl halides is 6. The van der Waals surface area contributed by atoms with Crippen LogP contribution >= 0.6 is 0 Å². The van der Waals surface area contributed by atoms with Crippen LogP contribution in [0.5, 0.6) is 0 Å². The zero-order valence-electron chi connectivity index (χ0n) is 25.1. The van der Waals surface area contributed by atoms with Crippen molar-refractivity contribution in [3.05, 3.63) is 70.3 Å². The van der Waals surface area contributed by atoms with Gasteiger partial charge in [0, 0.05) is 18.5 Å². The fraction of sp³-hybridized carbons (Fsp3) is 0.562. The Morgan fingerprint density at radius 1 is 0.955 bits per heavy atom. The molecule has 1 unspecified atom stereocenters. The van der Waals surface area contributed by atoms with E-state index in [1.165, 1.54) is 11.8 Å². The first-order chi connectivity index (χ1) is 20.3. The number of hydrogen-bond acceptors (Lipinski definition) is 4. The maximum atomic E-state index is 13.7. The summed E-state index contributed by atoms with van der Waals surface area (Å²) in [6, 6.07) is 8.00. The summed E-state index contributed by atoms with van der Waals surface area (Å²) in [5.41, 5.74) is -2.50. The maximum absolute atomic E-state index is 13.7. The summed E-state index contributed by atoms with van der Waals surface area (Å²) >= 11 is 0. The number of halogens is 6. The minimum absolute atomic E-state index is 0.00128. The van der Waals surface area contributed by atoms with Gasteiger partial charge in [0.25, 0.3) is 0 Å². The van der Waals surface area contributed by atoms with Crippen LogP contribution in [0.3, 0.4) is 0 Å². The van der Waals surface area contributed by atoms with E-state index in [0.29, 0.717) is 25.0 Å². The molecular formula is C32H37F6NO5. The average molecular weight is 630 g/mol. The Hall–Kier alpha value is -3.28. The lowest BCUT2D eigenvalue weighted by Gasteiger charge is -2.44. The molecule has 1 amide bonds. The summed E-state index contributed by atoms with van der Waals surface area (Å²) in [7, 11) is 0. The Bertz CT molecular complexity index is 1340. The smallest absolute Gasteiger partial charge is 0.416 e. The summed E-state index contributed by atoms with van der Waals surface area (Å²) in [6.07, 6.45) is -13.3. The van der Waals surface area contributed by atoms with E-state index in [1.807, 2.05) is 45.9 Å². The van der Waals surface area contributed by atoms with E-state index in [2.05, 4.69) is 0 Å². The summed E-state index contributed by atoms with van der Waals surface area (Å²) < 4.78 is 93.8. The van der Waals surface area contributed by atoms with Crippen LogP contribution in [0.15, 0.2) is 42.5 Å². The van der Waals surface area contributed by atoms with Crippen molar-refractivity contribution in [2.24, 2.45) is 17.3 Å². The van der Waals surface area contributed by atoms with Crippen LogP contribution in [0.2, 0.25) is 0 Å². The van der Waals surface area contributed by atoms with Crippen LogP contribution in [0, 0.1) is 24.2 Å². The molecule has 2 aliphatic rings. The third kappa shape index (κ3) is 6.84. The summed E-state index contributed by atoms with van der Waals surface area (Å²) in [5, 5.41) is 10.1. The second kappa shape index (κ2) is 12.3. The average Bonchev–Trinajstić information content (AvgIpc) is 3.32. The highest BCUT2D eigenvalue weighted by Crippen LogP contribution is 2.54. The zero-order valence-corrected chi connectivity index (χ0v) is 25.1. The van der Waals surface area contributed by atoms with E-state index in [-0.39, 0.29) is 37.1 Å². The molecule has 1 saturated carbocycles. The molecule has 1 N–H and O–H groups in total. The first-order valence-corrected chi connectivity index (χ1v) is 14.5. The number of likely N-dealkylation sites (tertiary alicyclic amines) is 1. The topological polar surface area (TPSA) is 76.1 Å². The lowest BCUT2D eigenvalue weighted by molar-refractivity contribution is -0.165. The third-order valence-corrected chi connectivity index (χ3v) is 8.75. The van der Waals surface area contributed by atoms with Crippen LogP contribution in [-0.2, 0) is 26.6 Å². The van der Waals surface area contributed by atoms with E-state index in [4.69, 9.17) is 9.47 Å². The van der Waals surface area contributed by atoms with E-state index < -0.39 is 64.6 Å². The van der Waals surface area contributed by atoms with Crippen molar-refractivity contribution < 1.29 is 50.5 Å². The van der Waals surface area contributed by atoms with Gasteiger partial charge in [0.05, 0.1) is 23.8 Å². The molecule has 44 heavy (non-hydrogen) atoms. The number of fused-ring (bicyclic) bond motifs is 1. The van der Waals surface area contributed by atoms with Gasteiger partial charge in [-0.15, -0.1) is 0 Å². The van der Waals surface area contributed by atoms with Crippen molar-refractivity contribution in [2.75, 3.05) is 13.2 Å². The number of ether oxygens (including phenoxy) is 2.